The number of aromatic nitrogens is 1. The molecule has 1 heterocycles. The molecule has 0 bridgehead atoms. The van der Waals surface area contributed by atoms with Gasteiger partial charge in [-0.15, -0.1) is 11.3 Å². The van der Waals surface area contributed by atoms with Gasteiger partial charge in [0.25, 0.3) is 0 Å². The van der Waals surface area contributed by atoms with Gasteiger partial charge in [0, 0.05) is 5.56 Å². The second-order valence-corrected chi connectivity index (χ2v) is 4.85. The van der Waals surface area contributed by atoms with E-state index in [4.69, 9.17) is 0 Å². The third kappa shape index (κ3) is 1.94. The number of hydrogen-bond acceptors (Lipinski definition) is 2. The van der Waals surface area contributed by atoms with Crippen molar-refractivity contribution in [3.63, 3.8) is 0 Å². The quantitative estimate of drug-likeness (QED) is 0.648. The van der Waals surface area contributed by atoms with Crippen molar-refractivity contribution >= 4 is 21.6 Å². The van der Waals surface area contributed by atoms with Gasteiger partial charge in [-0.1, -0.05) is 36.4 Å². The average Bonchev–Trinajstić information content (AvgIpc) is 2.82. The van der Waals surface area contributed by atoms with Gasteiger partial charge in [-0.3, -0.25) is 0 Å². The van der Waals surface area contributed by atoms with E-state index in [-0.39, 0.29) is 0 Å². The maximum absolute atomic E-state index is 12.4. The molecule has 3 rings (SSSR count). The Kier molecular flexibility index (Phi) is 2.61. The van der Waals surface area contributed by atoms with Gasteiger partial charge in [0.2, 0.25) is 0 Å². The molecule has 84 valence electrons. The fourth-order valence-corrected chi connectivity index (χ4v) is 2.70. The van der Waals surface area contributed by atoms with Crippen LogP contribution in [0.25, 0.3) is 20.8 Å². The first-order valence-electron chi connectivity index (χ1n) is 5.37. The Labute approximate surface area is 103 Å². The number of nitrogens with zero attached hydrogens (tertiary/aromatic N) is 1. The van der Waals surface area contributed by atoms with E-state index in [2.05, 4.69) is 11.1 Å². The van der Waals surface area contributed by atoms with Crippen LogP contribution in [-0.4, -0.2) is 4.98 Å². The van der Waals surface area contributed by atoms with E-state index in [1.807, 2.05) is 30.3 Å². The molecule has 0 saturated carbocycles. The summed E-state index contributed by atoms with van der Waals surface area (Å²) in [6.07, 6.45) is 0. The molecule has 0 spiro atoms. The lowest BCUT2D eigenvalue weighted by Gasteiger charge is -1.97. The highest BCUT2D eigenvalue weighted by Crippen LogP contribution is 2.29. The smallest absolute Gasteiger partial charge is 0.124 e. The topological polar surface area (TPSA) is 12.9 Å². The first-order chi connectivity index (χ1) is 8.36. The lowest BCUT2D eigenvalue weighted by Crippen LogP contribution is -1.79. The van der Waals surface area contributed by atoms with Crippen molar-refractivity contribution in [1.82, 2.24) is 4.98 Å². The highest BCUT2D eigenvalue weighted by Gasteiger charge is 2.05. The molecule has 0 N–H and O–H groups in total. The normalized spacial score (nSPS) is 10.9. The average molecular weight is 243 g/mol. The van der Waals surface area contributed by atoms with E-state index in [1.165, 1.54) is 4.70 Å². The maximum Gasteiger partial charge on any atom is 0.124 e. The summed E-state index contributed by atoms with van der Waals surface area (Å²) in [5.74, 6) is 0. The van der Waals surface area contributed by atoms with E-state index in [9.17, 15) is 4.39 Å². The summed E-state index contributed by atoms with van der Waals surface area (Å²) in [4.78, 5) is 4.56. The molecule has 0 unspecified atom stereocenters. The van der Waals surface area contributed by atoms with Crippen LogP contribution in [0.2, 0.25) is 0 Å². The third-order valence-electron chi connectivity index (χ3n) is 2.65. The molecule has 0 aliphatic rings. The number of alkyl halides is 1. The number of para-hydroxylation sites is 1. The van der Waals surface area contributed by atoms with Gasteiger partial charge in [-0.05, 0) is 17.7 Å². The van der Waals surface area contributed by atoms with Crippen LogP contribution in [0.4, 0.5) is 4.39 Å². The van der Waals surface area contributed by atoms with Crippen molar-refractivity contribution in [2.45, 2.75) is 6.67 Å². The van der Waals surface area contributed by atoms with Crippen molar-refractivity contribution in [2.75, 3.05) is 0 Å². The predicted octanol–water partition coefficient (Wildman–Crippen LogP) is 4.43. The first kappa shape index (κ1) is 10.4. The van der Waals surface area contributed by atoms with Gasteiger partial charge in [0.05, 0.1) is 10.2 Å². The fraction of sp³-hybridized carbons (Fsp3) is 0.0714. The Bertz CT molecular complexity index is 610. The molecule has 0 aliphatic heterocycles. The van der Waals surface area contributed by atoms with Crippen molar-refractivity contribution < 1.29 is 4.39 Å². The lowest BCUT2D eigenvalue weighted by molar-refractivity contribution is 0.485. The minimum absolute atomic E-state index is 0.417. The predicted molar refractivity (Wildman–Crippen MR) is 69.9 cm³/mol. The maximum atomic E-state index is 12.4. The monoisotopic (exact) mass is 243 g/mol. The van der Waals surface area contributed by atoms with E-state index in [0.717, 1.165) is 16.1 Å². The molecule has 1 aromatic heterocycles. The minimum Gasteiger partial charge on any atom is -0.246 e. The first-order valence-corrected chi connectivity index (χ1v) is 6.19. The lowest BCUT2D eigenvalue weighted by atomic mass is 10.1. The number of fused-ring (bicyclic) bond motifs is 1. The van der Waals surface area contributed by atoms with Crippen LogP contribution >= 0.6 is 11.3 Å². The summed E-state index contributed by atoms with van der Waals surface area (Å²) in [5, 5.41) is 0.983. The number of halogens is 1. The zero-order valence-corrected chi connectivity index (χ0v) is 9.88. The molecule has 0 atom stereocenters. The van der Waals surface area contributed by atoms with Crippen molar-refractivity contribution in [2.24, 2.45) is 0 Å². The van der Waals surface area contributed by atoms with Gasteiger partial charge >= 0.3 is 0 Å². The van der Waals surface area contributed by atoms with Crippen LogP contribution in [0.5, 0.6) is 0 Å². The summed E-state index contributed by atoms with van der Waals surface area (Å²) < 4.78 is 13.6. The van der Waals surface area contributed by atoms with E-state index in [1.54, 1.807) is 23.5 Å². The van der Waals surface area contributed by atoms with Gasteiger partial charge in [-0.25, -0.2) is 9.37 Å². The zero-order chi connectivity index (χ0) is 11.7. The van der Waals surface area contributed by atoms with E-state index < -0.39 is 6.67 Å². The summed E-state index contributed by atoms with van der Waals surface area (Å²) in [6.45, 7) is -0.417. The minimum atomic E-state index is -0.417. The molecular weight excluding hydrogens is 233 g/mol. The Hall–Kier alpha value is -1.74. The van der Waals surface area contributed by atoms with Crippen molar-refractivity contribution in [1.29, 1.82) is 0 Å². The van der Waals surface area contributed by atoms with Crippen LogP contribution in [-0.2, 0) is 6.67 Å². The standard InChI is InChI=1S/C14H10FNS/c15-9-10-5-7-11(8-6-10)14-16-12-3-1-2-4-13(12)17-14/h1-8H,9H2. The third-order valence-corrected chi connectivity index (χ3v) is 3.73. The molecule has 2 aromatic carbocycles. The van der Waals surface area contributed by atoms with Crippen LogP contribution in [0.15, 0.2) is 48.5 Å². The molecule has 0 amide bonds. The van der Waals surface area contributed by atoms with Crippen LogP contribution in [0, 0.1) is 0 Å². The molecule has 17 heavy (non-hydrogen) atoms. The largest absolute Gasteiger partial charge is 0.246 e. The molecule has 0 aliphatic carbocycles. The molecule has 0 radical (unpaired) electrons. The van der Waals surface area contributed by atoms with Crippen molar-refractivity contribution in [3.05, 3.63) is 54.1 Å². The SMILES string of the molecule is FCc1ccc(-c2nc3ccccc3s2)cc1. The van der Waals surface area contributed by atoms with Crippen LogP contribution in [0.3, 0.4) is 0 Å². The fourth-order valence-electron chi connectivity index (χ4n) is 1.73. The second kappa shape index (κ2) is 4.26. The second-order valence-electron chi connectivity index (χ2n) is 3.82. The van der Waals surface area contributed by atoms with Gasteiger partial charge < -0.3 is 0 Å². The molecule has 3 heteroatoms. The number of benzene rings is 2. The molecule has 3 aromatic rings. The Balaban J connectivity index is 2.07. The number of rotatable bonds is 2. The van der Waals surface area contributed by atoms with Crippen molar-refractivity contribution in [3.8, 4) is 10.6 Å². The van der Waals surface area contributed by atoms with Crippen LogP contribution < -0.4 is 0 Å². The molecule has 0 fully saturated rings. The summed E-state index contributed by atoms with van der Waals surface area (Å²) in [5.41, 5.74) is 2.76. The van der Waals surface area contributed by atoms with Gasteiger partial charge in [0.15, 0.2) is 0 Å². The molecule has 0 saturated heterocycles. The molecular formula is C14H10FNS. The highest BCUT2D eigenvalue weighted by molar-refractivity contribution is 7.21. The number of thiazole rings is 1. The Morgan fingerprint density at radius 1 is 1.00 bits per heavy atom. The zero-order valence-electron chi connectivity index (χ0n) is 9.06. The van der Waals surface area contributed by atoms with E-state index in [0.29, 0.717) is 5.56 Å². The highest BCUT2D eigenvalue weighted by atomic mass is 32.1. The van der Waals surface area contributed by atoms with E-state index >= 15 is 0 Å². The molecule has 1 nitrogen and oxygen atoms in total. The van der Waals surface area contributed by atoms with Crippen LogP contribution in [0.1, 0.15) is 5.56 Å². The summed E-state index contributed by atoms with van der Waals surface area (Å²) in [6, 6.07) is 15.5. The number of hydrogen-bond donors (Lipinski definition) is 0. The van der Waals surface area contributed by atoms with Gasteiger partial charge in [-0.2, -0.15) is 0 Å². The Morgan fingerprint density at radius 2 is 1.76 bits per heavy atom. The van der Waals surface area contributed by atoms with Gasteiger partial charge in [0.1, 0.15) is 11.7 Å². The Morgan fingerprint density at radius 3 is 2.47 bits per heavy atom. The summed E-state index contributed by atoms with van der Waals surface area (Å²) in [7, 11) is 0. The summed E-state index contributed by atoms with van der Waals surface area (Å²) >= 11 is 1.66.